The van der Waals surface area contributed by atoms with Crippen molar-refractivity contribution in [3.8, 4) is 17.2 Å². The van der Waals surface area contributed by atoms with Gasteiger partial charge in [-0.2, -0.15) is 0 Å². The molecular weight excluding hydrogens is 491 g/mol. The number of benzene rings is 3. The summed E-state index contributed by atoms with van der Waals surface area (Å²) >= 11 is 0. The average molecular weight is 543 g/mol. The van der Waals surface area contributed by atoms with Crippen molar-refractivity contribution in [2.24, 2.45) is 0 Å². The van der Waals surface area contributed by atoms with Crippen LogP contribution in [0.2, 0.25) is 0 Å². The third kappa shape index (κ3) is 7.25. The third-order valence-electron chi connectivity index (χ3n) is 7.60. The fourth-order valence-corrected chi connectivity index (χ4v) is 5.22. The predicted molar refractivity (Wildman–Crippen MR) is 171 cm³/mol. The van der Waals surface area contributed by atoms with E-state index in [9.17, 15) is 0 Å². The van der Waals surface area contributed by atoms with Crippen LogP contribution in [-0.2, 0) is 0 Å². The molecule has 0 aliphatic carbocycles. The Labute approximate surface area is 244 Å². The zero-order chi connectivity index (χ0) is 29.7. The normalized spacial score (nSPS) is 11.8. The average Bonchev–Trinajstić information content (AvgIpc) is 2.88. The van der Waals surface area contributed by atoms with Gasteiger partial charge in [0.1, 0.15) is 17.2 Å². The Kier molecular flexibility index (Phi) is 10.8. The topological polar surface area (TPSA) is 27.7 Å². The number of hydrogen-bond donors (Lipinski definition) is 0. The Hall–Kier alpha value is -2.88. The maximum absolute atomic E-state index is 6.90. The lowest BCUT2D eigenvalue weighted by Gasteiger charge is -2.27. The van der Waals surface area contributed by atoms with E-state index in [4.69, 9.17) is 14.0 Å². The molecule has 0 N–H and O–H groups in total. The maximum Gasteiger partial charge on any atom is 0.864 e. The van der Waals surface area contributed by atoms with E-state index < -0.39 is 7.32 Å². The monoisotopic (exact) mass is 542 g/mol. The lowest BCUT2D eigenvalue weighted by atomic mass is 9.91. The quantitative estimate of drug-likeness (QED) is 0.213. The van der Waals surface area contributed by atoms with Crippen molar-refractivity contribution < 1.29 is 14.0 Å². The van der Waals surface area contributed by atoms with Crippen LogP contribution in [0.3, 0.4) is 0 Å². The molecule has 0 amide bonds. The molecule has 0 aromatic heterocycles. The van der Waals surface area contributed by atoms with Gasteiger partial charge in [0, 0.05) is 0 Å². The summed E-state index contributed by atoms with van der Waals surface area (Å²) < 4.78 is 20.7. The molecule has 0 unspecified atom stereocenters. The van der Waals surface area contributed by atoms with E-state index in [1.54, 1.807) is 0 Å². The smallest absolute Gasteiger partial charge is 0.489 e. The fourth-order valence-electron chi connectivity index (χ4n) is 5.22. The van der Waals surface area contributed by atoms with Crippen molar-refractivity contribution in [2.45, 2.75) is 119 Å². The van der Waals surface area contributed by atoms with E-state index in [2.05, 4.69) is 138 Å². The van der Waals surface area contributed by atoms with E-state index in [0.717, 1.165) is 50.6 Å². The molecule has 3 nitrogen and oxygen atoms in total. The van der Waals surface area contributed by atoms with E-state index >= 15 is 0 Å². The van der Waals surface area contributed by atoms with Crippen LogP contribution in [0.25, 0.3) is 0 Å². The summed E-state index contributed by atoms with van der Waals surface area (Å²) in [4.78, 5) is 0. The number of rotatable bonds is 12. The molecule has 0 aliphatic heterocycles. The second-order valence-corrected chi connectivity index (χ2v) is 12.9. The van der Waals surface area contributed by atoms with Gasteiger partial charge in [-0.3, -0.25) is 0 Å². The molecule has 0 saturated carbocycles. The predicted octanol–water partition coefficient (Wildman–Crippen LogP) is 10.9. The molecule has 3 rings (SSSR count). The van der Waals surface area contributed by atoms with Crippen molar-refractivity contribution in [1.29, 1.82) is 0 Å². The molecule has 216 valence electrons. The Morgan fingerprint density at radius 2 is 0.525 bits per heavy atom. The number of para-hydroxylation sites is 3. The molecule has 0 heterocycles. The Balaban J connectivity index is 2.25. The van der Waals surface area contributed by atoms with Crippen LogP contribution in [0.1, 0.15) is 152 Å². The summed E-state index contributed by atoms with van der Waals surface area (Å²) in [7, 11) is -0.966. The highest BCUT2D eigenvalue weighted by Gasteiger charge is 2.36. The van der Waals surface area contributed by atoms with Crippen LogP contribution in [0.4, 0.5) is 0 Å². The molecule has 0 spiro atoms. The SMILES string of the molecule is CC(C)c1cccc(C(C)C)c1OB(Oc1c(C(C)C)cccc1C(C)C)Oc1c(C(C)C)cccc1C(C)C. The minimum atomic E-state index is -0.966. The summed E-state index contributed by atoms with van der Waals surface area (Å²) in [5.41, 5.74) is 6.95. The highest BCUT2D eigenvalue weighted by molar-refractivity contribution is 6.39. The van der Waals surface area contributed by atoms with Crippen molar-refractivity contribution in [1.82, 2.24) is 0 Å². The first-order valence-electron chi connectivity index (χ1n) is 15.2. The van der Waals surface area contributed by atoms with Crippen molar-refractivity contribution in [2.75, 3.05) is 0 Å². The second kappa shape index (κ2) is 13.7. The fraction of sp³-hybridized carbons (Fsp3) is 0.500. The Morgan fingerprint density at radius 1 is 0.350 bits per heavy atom. The minimum absolute atomic E-state index is 0.290. The van der Waals surface area contributed by atoms with Crippen LogP contribution in [-0.4, -0.2) is 7.32 Å². The highest BCUT2D eigenvalue weighted by atomic mass is 16.7. The first-order chi connectivity index (χ1) is 18.8. The summed E-state index contributed by atoms with van der Waals surface area (Å²) in [5, 5.41) is 0. The van der Waals surface area contributed by atoms with Crippen molar-refractivity contribution >= 4 is 7.32 Å². The van der Waals surface area contributed by atoms with Gasteiger partial charge in [-0.25, -0.2) is 0 Å². The lowest BCUT2D eigenvalue weighted by Crippen LogP contribution is -2.39. The van der Waals surface area contributed by atoms with Gasteiger partial charge in [0.2, 0.25) is 0 Å². The van der Waals surface area contributed by atoms with E-state index in [1.807, 2.05) is 0 Å². The van der Waals surface area contributed by atoms with E-state index in [0.29, 0.717) is 0 Å². The molecule has 3 aromatic carbocycles. The Bertz CT molecular complexity index is 1020. The summed E-state index contributed by atoms with van der Waals surface area (Å²) in [5.74, 6) is 4.32. The van der Waals surface area contributed by atoms with Gasteiger partial charge >= 0.3 is 7.32 Å². The van der Waals surface area contributed by atoms with Crippen LogP contribution < -0.4 is 14.0 Å². The number of hydrogen-bond acceptors (Lipinski definition) is 3. The third-order valence-corrected chi connectivity index (χ3v) is 7.60. The van der Waals surface area contributed by atoms with Gasteiger partial charge < -0.3 is 14.0 Å². The molecule has 0 aliphatic rings. The molecule has 0 radical (unpaired) electrons. The van der Waals surface area contributed by atoms with Crippen LogP contribution in [0.5, 0.6) is 17.2 Å². The first-order valence-corrected chi connectivity index (χ1v) is 15.2. The second-order valence-electron chi connectivity index (χ2n) is 12.9. The molecule has 40 heavy (non-hydrogen) atoms. The molecule has 0 saturated heterocycles. The maximum atomic E-state index is 6.90. The molecule has 3 aromatic rings. The first kappa shape index (κ1) is 31.6. The van der Waals surface area contributed by atoms with Crippen LogP contribution in [0, 0.1) is 0 Å². The van der Waals surface area contributed by atoms with E-state index in [1.165, 1.54) is 0 Å². The molecule has 4 heteroatoms. The van der Waals surface area contributed by atoms with E-state index in [-0.39, 0.29) is 35.5 Å². The summed E-state index contributed by atoms with van der Waals surface area (Å²) in [6.45, 7) is 26.5. The van der Waals surface area contributed by atoms with Gasteiger partial charge in [0.15, 0.2) is 0 Å². The lowest BCUT2D eigenvalue weighted by molar-refractivity contribution is 0.296. The molecular formula is C36H51BO3. The van der Waals surface area contributed by atoms with Crippen molar-refractivity contribution in [3.63, 3.8) is 0 Å². The van der Waals surface area contributed by atoms with Gasteiger partial charge in [0.05, 0.1) is 0 Å². The Morgan fingerprint density at radius 3 is 0.675 bits per heavy atom. The van der Waals surface area contributed by atoms with Crippen LogP contribution in [0.15, 0.2) is 54.6 Å². The molecule has 0 fully saturated rings. The zero-order valence-electron chi connectivity index (χ0n) is 27.0. The van der Waals surface area contributed by atoms with Gasteiger partial charge in [-0.1, -0.05) is 138 Å². The van der Waals surface area contributed by atoms with Gasteiger partial charge in [-0.15, -0.1) is 0 Å². The zero-order valence-corrected chi connectivity index (χ0v) is 27.0. The summed E-state index contributed by atoms with van der Waals surface area (Å²) in [6, 6.07) is 19.3. The van der Waals surface area contributed by atoms with Gasteiger partial charge in [0.25, 0.3) is 0 Å². The van der Waals surface area contributed by atoms with Crippen molar-refractivity contribution in [3.05, 3.63) is 88.0 Å². The molecule has 0 atom stereocenters. The molecule has 0 bridgehead atoms. The highest BCUT2D eigenvalue weighted by Crippen LogP contribution is 2.40. The van der Waals surface area contributed by atoms with Crippen LogP contribution >= 0.6 is 0 Å². The standard InChI is InChI=1S/C36H51BO3/c1-22(2)28-16-13-17-29(23(3)4)34(28)38-37(39-35-30(24(5)6)18-14-19-31(35)25(7)8)40-36-32(26(9)10)20-15-21-33(36)27(11)12/h13-27H,1-12H3. The largest absolute Gasteiger partial charge is 0.864 e. The van der Waals surface area contributed by atoms with Gasteiger partial charge in [-0.05, 0) is 68.9 Å². The summed E-state index contributed by atoms with van der Waals surface area (Å²) in [6.07, 6.45) is 0. The minimum Gasteiger partial charge on any atom is -0.489 e.